The molecule has 0 aliphatic heterocycles. The number of aliphatic hydroxyl groups excluding tert-OH is 2. The Bertz CT molecular complexity index is 492. The maximum absolute atomic E-state index is 11.3. The van der Waals surface area contributed by atoms with Gasteiger partial charge < -0.3 is 20.1 Å². The van der Waals surface area contributed by atoms with Crippen molar-refractivity contribution in [3.05, 3.63) is 28.5 Å². The highest BCUT2D eigenvalue weighted by atomic mass is 35.5. The smallest absolute Gasteiger partial charge is 0.354 e. The van der Waals surface area contributed by atoms with Gasteiger partial charge in [-0.2, -0.15) is 0 Å². The summed E-state index contributed by atoms with van der Waals surface area (Å²) in [5.74, 6) is -2.49. The Kier molecular flexibility index (Phi) is 5.22. The van der Waals surface area contributed by atoms with Crippen LogP contribution in [0.15, 0.2) is 12.1 Å². The molecule has 3 N–H and O–H groups in total. The molecule has 8 heteroatoms. The second-order valence-electron chi connectivity index (χ2n) is 3.52. The van der Waals surface area contributed by atoms with Crippen molar-refractivity contribution in [2.24, 2.45) is 0 Å². The van der Waals surface area contributed by atoms with Crippen molar-refractivity contribution in [3.63, 3.8) is 0 Å². The molecule has 0 fully saturated rings. The molecular formula is C11H12ClNO6. The van der Waals surface area contributed by atoms with Gasteiger partial charge in [0.15, 0.2) is 11.8 Å². The summed E-state index contributed by atoms with van der Waals surface area (Å²) in [5.41, 5.74) is -0.763. The minimum absolute atomic E-state index is 0.0211. The van der Waals surface area contributed by atoms with Crippen LogP contribution in [0.3, 0.4) is 0 Å². The molecule has 2 atom stereocenters. The summed E-state index contributed by atoms with van der Waals surface area (Å²) in [6.07, 6.45) is -3.67. The van der Waals surface area contributed by atoms with E-state index in [-0.39, 0.29) is 17.3 Å². The number of pyridine rings is 1. The molecule has 19 heavy (non-hydrogen) atoms. The van der Waals surface area contributed by atoms with E-state index in [0.717, 1.165) is 0 Å². The van der Waals surface area contributed by atoms with Crippen LogP contribution < -0.4 is 0 Å². The fraction of sp³-hybridized carbons (Fsp3) is 0.364. The topological polar surface area (TPSA) is 117 Å². The summed E-state index contributed by atoms with van der Waals surface area (Å²) in [4.78, 5) is 25.8. The van der Waals surface area contributed by atoms with E-state index in [0.29, 0.717) is 0 Å². The first kappa shape index (κ1) is 15.4. The molecule has 0 spiro atoms. The van der Waals surface area contributed by atoms with Crippen LogP contribution in [0.2, 0.25) is 5.15 Å². The number of aromatic carboxylic acids is 1. The maximum Gasteiger partial charge on any atom is 0.354 e. The number of nitrogens with zero attached hydrogens (tertiary/aromatic N) is 1. The number of hydrogen-bond acceptors (Lipinski definition) is 6. The number of esters is 1. The highest BCUT2D eigenvalue weighted by Gasteiger charge is 2.30. The van der Waals surface area contributed by atoms with Crippen LogP contribution in [0.5, 0.6) is 0 Å². The zero-order valence-electron chi connectivity index (χ0n) is 9.91. The van der Waals surface area contributed by atoms with Crippen LogP contribution in [-0.4, -0.2) is 45.0 Å². The summed E-state index contributed by atoms with van der Waals surface area (Å²) >= 11 is 5.55. The van der Waals surface area contributed by atoms with Crippen molar-refractivity contribution in [3.8, 4) is 0 Å². The molecule has 1 heterocycles. The van der Waals surface area contributed by atoms with Crippen molar-refractivity contribution in [2.45, 2.75) is 19.1 Å². The molecule has 0 saturated heterocycles. The van der Waals surface area contributed by atoms with Gasteiger partial charge in [-0.15, -0.1) is 0 Å². The van der Waals surface area contributed by atoms with Crippen molar-refractivity contribution >= 4 is 23.5 Å². The van der Waals surface area contributed by atoms with Gasteiger partial charge in [-0.05, 0) is 13.0 Å². The monoisotopic (exact) mass is 289 g/mol. The molecule has 7 nitrogen and oxygen atoms in total. The fourth-order valence-electron chi connectivity index (χ4n) is 1.38. The van der Waals surface area contributed by atoms with Crippen molar-refractivity contribution in [1.29, 1.82) is 0 Å². The van der Waals surface area contributed by atoms with Crippen molar-refractivity contribution < 1.29 is 29.6 Å². The van der Waals surface area contributed by atoms with E-state index in [2.05, 4.69) is 9.72 Å². The van der Waals surface area contributed by atoms with E-state index in [1.54, 1.807) is 0 Å². The largest absolute Gasteiger partial charge is 0.476 e. The average molecular weight is 290 g/mol. The molecule has 0 saturated carbocycles. The predicted molar refractivity (Wildman–Crippen MR) is 63.8 cm³/mol. The number of hydrogen-bond donors (Lipinski definition) is 3. The van der Waals surface area contributed by atoms with E-state index >= 15 is 0 Å². The highest BCUT2D eigenvalue weighted by molar-refractivity contribution is 6.29. The number of ether oxygens (including phenoxy) is 1. The lowest BCUT2D eigenvalue weighted by Gasteiger charge is -2.17. The third kappa shape index (κ3) is 3.63. The molecule has 1 aromatic rings. The van der Waals surface area contributed by atoms with Crippen LogP contribution in [0.4, 0.5) is 0 Å². The average Bonchev–Trinajstić information content (AvgIpc) is 2.37. The lowest BCUT2D eigenvalue weighted by Crippen LogP contribution is -2.31. The first-order valence-corrected chi connectivity index (χ1v) is 5.68. The Morgan fingerprint density at radius 1 is 1.42 bits per heavy atom. The molecule has 1 rings (SSSR count). The zero-order chi connectivity index (χ0) is 14.6. The number of carboxylic acid groups (broad SMARTS) is 1. The number of carboxylic acids is 1. The molecule has 1 aromatic heterocycles. The van der Waals surface area contributed by atoms with Gasteiger partial charge in [0.05, 0.1) is 6.61 Å². The van der Waals surface area contributed by atoms with Gasteiger partial charge in [0, 0.05) is 5.56 Å². The Labute approximate surface area is 113 Å². The molecule has 0 radical (unpaired) electrons. The Morgan fingerprint density at radius 2 is 2.05 bits per heavy atom. The van der Waals surface area contributed by atoms with Gasteiger partial charge in [-0.3, -0.25) is 0 Å². The first-order valence-electron chi connectivity index (χ1n) is 5.31. The quantitative estimate of drug-likeness (QED) is 0.530. The molecule has 0 amide bonds. The SMILES string of the molecule is CCOC(=O)C(O)C(O)c1ccc(Cl)nc1C(=O)O. The molecule has 0 aromatic carbocycles. The second kappa shape index (κ2) is 6.46. The first-order chi connectivity index (χ1) is 8.88. The Balaban J connectivity index is 3.08. The number of rotatable bonds is 5. The van der Waals surface area contributed by atoms with Crippen LogP contribution in [0.1, 0.15) is 29.1 Å². The number of aliphatic hydroxyl groups is 2. The van der Waals surface area contributed by atoms with E-state index in [1.807, 2.05) is 0 Å². The Morgan fingerprint density at radius 3 is 2.58 bits per heavy atom. The predicted octanol–water partition coefficient (Wildman–Crippen LogP) is 0.391. The number of carbonyl (C=O) groups excluding carboxylic acids is 1. The van der Waals surface area contributed by atoms with Gasteiger partial charge in [-0.25, -0.2) is 14.6 Å². The normalized spacial score (nSPS) is 13.7. The van der Waals surface area contributed by atoms with Gasteiger partial charge in [0.25, 0.3) is 0 Å². The standard InChI is InChI=1S/C11H12ClNO6/c1-2-19-11(18)9(15)8(14)5-3-4-6(12)13-7(5)10(16)17/h3-4,8-9,14-15H,2H2,1H3,(H,16,17). The molecule has 0 aliphatic rings. The van der Waals surface area contributed by atoms with Crippen LogP contribution in [0, 0.1) is 0 Å². The zero-order valence-corrected chi connectivity index (χ0v) is 10.7. The summed E-state index contributed by atoms with van der Waals surface area (Å²) in [5, 5.41) is 28.2. The van der Waals surface area contributed by atoms with Crippen LogP contribution >= 0.6 is 11.6 Å². The van der Waals surface area contributed by atoms with Gasteiger partial charge in [0.2, 0.25) is 0 Å². The van der Waals surface area contributed by atoms with Crippen molar-refractivity contribution in [2.75, 3.05) is 6.61 Å². The molecule has 104 valence electrons. The summed E-state index contributed by atoms with van der Waals surface area (Å²) in [6, 6.07) is 2.41. The van der Waals surface area contributed by atoms with Crippen molar-refractivity contribution in [1.82, 2.24) is 4.98 Å². The second-order valence-corrected chi connectivity index (χ2v) is 3.91. The fourth-order valence-corrected chi connectivity index (χ4v) is 1.53. The third-order valence-electron chi connectivity index (χ3n) is 2.24. The van der Waals surface area contributed by atoms with E-state index in [4.69, 9.17) is 16.7 Å². The highest BCUT2D eigenvalue weighted by Crippen LogP contribution is 2.22. The minimum atomic E-state index is -1.90. The number of carbonyl (C=O) groups is 2. The molecular weight excluding hydrogens is 278 g/mol. The lowest BCUT2D eigenvalue weighted by molar-refractivity contribution is -0.159. The molecule has 2 unspecified atom stereocenters. The lowest BCUT2D eigenvalue weighted by atomic mass is 10.0. The summed E-state index contributed by atoms with van der Waals surface area (Å²) < 4.78 is 4.53. The molecule has 0 aliphatic carbocycles. The van der Waals surface area contributed by atoms with E-state index in [1.165, 1.54) is 19.1 Å². The maximum atomic E-state index is 11.3. The number of aromatic nitrogens is 1. The number of halogens is 1. The Hall–Kier alpha value is -1.70. The summed E-state index contributed by atoms with van der Waals surface area (Å²) in [7, 11) is 0. The van der Waals surface area contributed by atoms with Crippen LogP contribution in [0.25, 0.3) is 0 Å². The van der Waals surface area contributed by atoms with Gasteiger partial charge in [-0.1, -0.05) is 17.7 Å². The third-order valence-corrected chi connectivity index (χ3v) is 2.45. The van der Waals surface area contributed by atoms with E-state index in [9.17, 15) is 19.8 Å². The van der Waals surface area contributed by atoms with Gasteiger partial charge >= 0.3 is 11.9 Å². The molecule has 0 bridgehead atoms. The van der Waals surface area contributed by atoms with Crippen LogP contribution in [-0.2, 0) is 9.53 Å². The van der Waals surface area contributed by atoms with E-state index < -0.39 is 29.8 Å². The van der Waals surface area contributed by atoms with Gasteiger partial charge in [0.1, 0.15) is 11.3 Å². The minimum Gasteiger partial charge on any atom is -0.476 e. The summed E-state index contributed by atoms with van der Waals surface area (Å²) in [6.45, 7) is 1.55.